The van der Waals surface area contributed by atoms with Gasteiger partial charge in [0, 0.05) is 5.56 Å². The van der Waals surface area contributed by atoms with E-state index in [1.165, 1.54) is 24.4 Å². The zero-order valence-corrected chi connectivity index (χ0v) is 9.51. The molecule has 2 aromatic carbocycles. The number of benzene rings is 2. The summed E-state index contributed by atoms with van der Waals surface area (Å²) in [6.07, 6.45) is 1.29. The Kier molecular flexibility index (Phi) is 4.02. The van der Waals surface area contributed by atoms with Crippen LogP contribution in [0.1, 0.15) is 11.1 Å². The van der Waals surface area contributed by atoms with Gasteiger partial charge in [0.25, 0.3) is 0 Å². The van der Waals surface area contributed by atoms with E-state index < -0.39 is 0 Å². The predicted octanol–water partition coefficient (Wildman–Crippen LogP) is 3.52. The normalized spacial score (nSPS) is 10.8. The summed E-state index contributed by atoms with van der Waals surface area (Å²) < 4.78 is 26.0. The maximum absolute atomic E-state index is 13.2. The zero-order chi connectivity index (χ0) is 12.8. The van der Waals surface area contributed by atoms with Crippen LogP contribution in [0.3, 0.4) is 0 Å². The van der Waals surface area contributed by atoms with Crippen LogP contribution in [0.2, 0.25) is 0 Å². The summed E-state index contributed by atoms with van der Waals surface area (Å²) in [5.74, 6) is -0.690. The van der Waals surface area contributed by atoms with E-state index in [0.717, 1.165) is 0 Å². The summed E-state index contributed by atoms with van der Waals surface area (Å²) in [4.78, 5) is 4.97. The minimum atomic E-state index is -0.365. The molecule has 0 aliphatic carbocycles. The average Bonchev–Trinajstić information content (AvgIpc) is 2.37. The highest BCUT2D eigenvalue weighted by atomic mass is 19.1. The lowest BCUT2D eigenvalue weighted by Gasteiger charge is -2.00. The molecule has 0 radical (unpaired) electrons. The second kappa shape index (κ2) is 5.91. The van der Waals surface area contributed by atoms with E-state index >= 15 is 0 Å². The first-order valence-electron chi connectivity index (χ1n) is 5.40. The van der Waals surface area contributed by atoms with Gasteiger partial charge in [0.2, 0.25) is 0 Å². The van der Waals surface area contributed by atoms with Crippen molar-refractivity contribution in [2.75, 3.05) is 0 Å². The van der Waals surface area contributed by atoms with Gasteiger partial charge in [-0.2, -0.15) is 0 Å². The summed E-state index contributed by atoms with van der Waals surface area (Å²) in [6.45, 7) is 0.142. The molecule has 0 bridgehead atoms. The third-order valence-corrected chi connectivity index (χ3v) is 2.29. The summed E-state index contributed by atoms with van der Waals surface area (Å²) in [5, 5.41) is 3.64. The molecule has 4 heteroatoms. The highest BCUT2D eigenvalue weighted by molar-refractivity contribution is 5.79. The lowest BCUT2D eigenvalue weighted by Crippen LogP contribution is -1.91. The Morgan fingerprint density at radius 2 is 1.89 bits per heavy atom. The maximum atomic E-state index is 13.2. The Labute approximate surface area is 104 Å². The molecule has 92 valence electrons. The van der Waals surface area contributed by atoms with Crippen LogP contribution in [0.4, 0.5) is 8.78 Å². The highest BCUT2D eigenvalue weighted by Crippen LogP contribution is 2.06. The van der Waals surface area contributed by atoms with E-state index in [4.69, 9.17) is 4.84 Å². The first-order valence-corrected chi connectivity index (χ1v) is 5.40. The van der Waals surface area contributed by atoms with Crippen molar-refractivity contribution in [3.63, 3.8) is 0 Å². The van der Waals surface area contributed by atoms with E-state index in [9.17, 15) is 8.78 Å². The van der Waals surface area contributed by atoms with E-state index in [1.54, 1.807) is 30.3 Å². The molecule has 0 atom stereocenters. The van der Waals surface area contributed by atoms with Crippen LogP contribution in [0.15, 0.2) is 53.7 Å². The standard InChI is InChI=1S/C14H11F2NO/c15-13-6-3-4-11(8-13)10-18-17-9-12-5-1-2-7-14(12)16/h1-9H,10H2. The number of hydrogen-bond donors (Lipinski definition) is 0. The first kappa shape index (κ1) is 12.2. The molecule has 0 aliphatic heterocycles. The molecule has 2 nitrogen and oxygen atoms in total. The van der Waals surface area contributed by atoms with Crippen molar-refractivity contribution >= 4 is 6.21 Å². The van der Waals surface area contributed by atoms with Crippen LogP contribution < -0.4 is 0 Å². The van der Waals surface area contributed by atoms with Gasteiger partial charge in [-0.1, -0.05) is 35.5 Å². The van der Waals surface area contributed by atoms with Crippen molar-refractivity contribution in [3.05, 3.63) is 71.3 Å². The number of rotatable bonds is 4. The van der Waals surface area contributed by atoms with Crippen LogP contribution >= 0.6 is 0 Å². The smallest absolute Gasteiger partial charge is 0.142 e. The Balaban J connectivity index is 1.91. The maximum Gasteiger partial charge on any atom is 0.142 e. The van der Waals surface area contributed by atoms with Gasteiger partial charge in [0.15, 0.2) is 0 Å². The predicted molar refractivity (Wildman–Crippen MR) is 65.2 cm³/mol. The summed E-state index contributed by atoms with van der Waals surface area (Å²) in [6, 6.07) is 12.3. The third-order valence-electron chi connectivity index (χ3n) is 2.29. The topological polar surface area (TPSA) is 21.6 Å². The largest absolute Gasteiger partial charge is 0.391 e. The Morgan fingerprint density at radius 3 is 2.67 bits per heavy atom. The molecule has 0 fully saturated rings. The monoisotopic (exact) mass is 247 g/mol. The molecule has 0 spiro atoms. The molecule has 18 heavy (non-hydrogen) atoms. The Bertz CT molecular complexity index is 555. The SMILES string of the molecule is Fc1cccc(CON=Cc2ccccc2F)c1. The third kappa shape index (κ3) is 3.38. The molecule has 0 aromatic heterocycles. The molecule has 2 aromatic rings. The fourth-order valence-electron chi connectivity index (χ4n) is 1.41. The second-order valence-corrected chi connectivity index (χ2v) is 3.66. The van der Waals surface area contributed by atoms with E-state index in [2.05, 4.69) is 5.16 Å². The fraction of sp³-hybridized carbons (Fsp3) is 0.0714. The molecule has 0 N–H and O–H groups in total. The molecule has 0 saturated heterocycles. The Morgan fingerprint density at radius 1 is 1.06 bits per heavy atom. The van der Waals surface area contributed by atoms with Crippen LogP contribution in [-0.4, -0.2) is 6.21 Å². The molecule has 0 aliphatic rings. The summed E-state index contributed by atoms with van der Waals surface area (Å²) in [5.41, 5.74) is 1.01. The quantitative estimate of drug-likeness (QED) is 0.598. The van der Waals surface area contributed by atoms with Crippen LogP contribution in [0.5, 0.6) is 0 Å². The molecular weight excluding hydrogens is 236 g/mol. The van der Waals surface area contributed by atoms with Crippen molar-refractivity contribution in [3.8, 4) is 0 Å². The van der Waals surface area contributed by atoms with Crippen molar-refractivity contribution in [1.29, 1.82) is 0 Å². The van der Waals surface area contributed by atoms with E-state index in [0.29, 0.717) is 11.1 Å². The highest BCUT2D eigenvalue weighted by Gasteiger charge is 1.97. The van der Waals surface area contributed by atoms with Gasteiger partial charge in [0.1, 0.15) is 18.2 Å². The van der Waals surface area contributed by atoms with Crippen molar-refractivity contribution in [1.82, 2.24) is 0 Å². The zero-order valence-electron chi connectivity index (χ0n) is 9.51. The summed E-state index contributed by atoms with van der Waals surface area (Å²) >= 11 is 0. The van der Waals surface area contributed by atoms with Gasteiger partial charge in [0.05, 0.1) is 6.21 Å². The number of oxime groups is 1. The van der Waals surface area contributed by atoms with Crippen molar-refractivity contribution in [2.24, 2.45) is 5.16 Å². The first-order chi connectivity index (χ1) is 8.75. The minimum Gasteiger partial charge on any atom is -0.391 e. The van der Waals surface area contributed by atoms with E-state index in [-0.39, 0.29) is 18.2 Å². The van der Waals surface area contributed by atoms with Crippen molar-refractivity contribution in [2.45, 2.75) is 6.61 Å². The number of nitrogens with zero attached hydrogens (tertiary/aromatic N) is 1. The van der Waals surface area contributed by atoms with Gasteiger partial charge >= 0.3 is 0 Å². The second-order valence-electron chi connectivity index (χ2n) is 3.66. The summed E-state index contributed by atoms with van der Waals surface area (Å²) in [7, 11) is 0. The van der Waals surface area contributed by atoms with Crippen LogP contribution in [0, 0.1) is 11.6 Å². The lowest BCUT2D eigenvalue weighted by molar-refractivity contribution is 0.132. The lowest BCUT2D eigenvalue weighted by atomic mass is 10.2. The minimum absolute atomic E-state index is 0.142. The van der Waals surface area contributed by atoms with Gasteiger partial charge < -0.3 is 4.84 Å². The van der Waals surface area contributed by atoms with Gasteiger partial charge in [-0.25, -0.2) is 8.78 Å². The van der Waals surface area contributed by atoms with Gasteiger partial charge in [-0.15, -0.1) is 0 Å². The molecule has 0 unspecified atom stereocenters. The van der Waals surface area contributed by atoms with Gasteiger partial charge in [-0.05, 0) is 23.8 Å². The molecule has 0 saturated carbocycles. The average molecular weight is 247 g/mol. The molecule has 0 amide bonds. The van der Waals surface area contributed by atoms with Crippen LogP contribution in [-0.2, 0) is 11.4 Å². The van der Waals surface area contributed by atoms with Crippen molar-refractivity contribution < 1.29 is 13.6 Å². The van der Waals surface area contributed by atoms with Crippen LogP contribution in [0.25, 0.3) is 0 Å². The number of halogens is 2. The molecule has 0 heterocycles. The van der Waals surface area contributed by atoms with E-state index in [1.807, 2.05) is 0 Å². The fourth-order valence-corrected chi connectivity index (χ4v) is 1.41. The number of hydrogen-bond acceptors (Lipinski definition) is 2. The Hall–Kier alpha value is -2.23. The van der Waals surface area contributed by atoms with Gasteiger partial charge in [-0.3, -0.25) is 0 Å². The molecule has 2 rings (SSSR count). The molecular formula is C14H11F2NO.